The molecule has 0 rings (SSSR count). The van der Waals surface area contributed by atoms with Crippen LogP contribution >= 0.6 is 0 Å². The van der Waals surface area contributed by atoms with Gasteiger partial charge in [0.15, 0.2) is 12.0 Å². The first kappa shape index (κ1) is 23.5. The van der Waals surface area contributed by atoms with Crippen molar-refractivity contribution in [2.45, 2.75) is 58.8 Å². The van der Waals surface area contributed by atoms with Crippen LogP contribution in [0.3, 0.4) is 0 Å². The Hall–Kier alpha value is -1.48. The van der Waals surface area contributed by atoms with Gasteiger partial charge in [-0.3, -0.25) is 9.59 Å². The van der Waals surface area contributed by atoms with Crippen LogP contribution in [-0.2, 0) is 19.1 Å². The van der Waals surface area contributed by atoms with Crippen molar-refractivity contribution < 1.29 is 45.4 Å². The van der Waals surface area contributed by atoms with Crippen molar-refractivity contribution in [1.82, 2.24) is 0 Å². The summed E-state index contributed by atoms with van der Waals surface area (Å²) in [6, 6.07) is 0. The van der Waals surface area contributed by atoms with Gasteiger partial charge in [-0.1, -0.05) is 13.8 Å². The molecule has 0 fully saturated rings. The molecule has 4 nitrogen and oxygen atoms in total. The fourth-order valence-electron chi connectivity index (χ4n) is 1.58. The number of esters is 2. The zero-order chi connectivity index (χ0) is 20.1. The predicted molar refractivity (Wildman–Crippen MR) is 75.7 cm³/mol. The molecule has 1 unspecified atom stereocenters. The van der Waals surface area contributed by atoms with Crippen LogP contribution in [0.2, 0.25) is 0 Å². The van der Waals surface area contributed by atoms with E-state index in [0.717, 1.165) is 20.3 Å². The van der Waals surface area contributed by atoms with Crippen LogP contribution in [0.5, 0.6) is 0 Å². The largest absolute Gasteiger partial charge is 0.465 e. The molecule has 0 aliphatic heterocycles. The molecule has 10 heteroatoms. The Kier molecular flexibility index (Phi) is 8.23. The topological polar surface area (TPSA) is 52.6 Å². The highest BCUT2D eigenvalue weighted by molar-refractivity contribution is 5.99. The lowest BCUT2D eigenvalue weighted by atomic mass is 9.94. The van der Waals surface area contributed by atoms with Crippen molar-refractivity contribution in [1.29, 1.82) is 0 Å². The Labute approximate surface area is 141 Å². The first-order valence-corrected chi connectivity index (χ1v) is 7.55. The highest BCUT2D eigenvalue weighted by Gasteiger charge is 2.58. The van der Waals surface area contributed by atoms with Crippen molar-refractivity contribution in [3.63, 3.8) is 0 Å². The molecule has 148 valence electrons. The molecule has 0 aromatic heterocycles. The van der Waals surface area contributed by atoms with Crippen molar-refractivity contribution in [2.75, 3.05) is 13.2 Å². The minimum absolute atomic E-state index is 0.00941. The molecule has 0 aliphatic rings. The molecule has 0 amide bonds. The first-order chi connectivity index (χ1) is 11.1. The van der Waals surface area contributed by atoms with Gasteiger partial charge in [0.2, 0.25) is 0 Å². The van der Waals surface area contributed by atoms with Gasteiger partial charge in [-0.25, -0.2) is 4.39 Å². The molecule has 0 saturated carbocycles. The van der Waals surface area contributed by atoms with Crippen LogP contribution in [-0.4, -0.2) is 43.4 Å². The second-order valence-corrected chi connectivity index (χ2v) is 6.54. The lowest BCUT2D eigenvalue weighted by Gasteiger charge is -2.25. The molecule has 25 heavy (non-hydrogen) atoms. The highest BCUT2D eigenvalue weighted by Crippen LogP contribution is 2.35. The van der Waals surface area contributed by atoms with Gasteiger partial charge >= 0.3 is 24.0 Å². The maximum absolute atomic E-state index is 13.1. The van der Waals surface area contributed by atoms with Crippen LogP contribution < -0.4 is 0 Å². The zero-order valence-corrected chi connectivity index (χ0v) is 14.4. The van der Waals surface area contributed by atoms with Crippen molar-refractivity contribution >= 4 is 11.9 Å². The van der Waals surface area contributed by atoms with Gasteiger partial charge in [-0.15, -0.1) is 0 Å². The Bertz CT molecular complexity index is 459. The third kappa shape index (κ3) is 7.52. The number of rotatable bonds is 9. The number of halogens is 6. The summed E-state index contributed by atoms with van der Waals surface area (Å²) < 4.78 is 83.7. The van der Waals surface area contributed by atoms with E-state index >= 15 is 0 Å². The molecule has 0 heterocycles. The first-order valence-electron chi connectivity index (χ1n) is 7.55. The number of alkyl halides is 6. The molecule has 0 saturated heterocycles. The molecule has 0 bridgehead atoms. The quantitative estimate of drug-likeness (QED) is 0.262. The summed E-state index contributed by atoms with van der Waals surface area (Å²) in [6.45, 7) is 3.76. The Balaban J connectivity index is 4.63. The minimum atomic E-state index is -5.80. The zero-order valence-electron chi connectivity index (χ0n) is 14.4. The number of hydrogen-bond acceptors (Lipinski definition) is 4. The van der Waals surface area contributed by atoms with E-state index in [0.29, 0.717) is 12.3 Å². The van der Waals surface area contributed by atoms with E-state index < -0.39 is 42.2 Å². The van der Waals surface area contributed by atoms with E-state index in [4.69, 9.17) is 4.74 Å². The molecule has 0 radical (unpaired) electrons. The maximum Gasteiger partial charge on any atom is 0.425 e. The Morgan fingerprint density at radius 3 is 1.88 bits per heavy atom. The monoisotopic (exact) mass is 380 g/mol. The molecular weight excluding hydrogens is 358 g/mol. The predicted octanol–water partition coefficient (Wildman–Crippen LogP) is 4.07. The average molecular weight is 380 g/mol. The van der Waals surface area contributed by atoms with Crippen LogP contribution in [0.25, 0.3) is 0 Å². The van der Waals surface area contributed by atoms with Gasteiger partial charge in [0.1, 0.15) is 0 Å². The van der Waals surface area contributed by atoms with E-state index in [1.54, 1.807) is 0 Å². The Morgan fingerprint density at radius 1 is 0.960 bits per heavy atom. The molecule has 0 aromatic rings. The normalized spacial score (nSPS) is 14.4. The van der Waals surface area contributed by atoms with E-state index in [9.17, 15) is 35.9 Å². The van der Waals surface area contributed by atoms with Gasteiger partial charge in [-0.05, 0) is 32.6 Å². The van der Waals surface area contributed by atoms with E-state index in [2.05, 4.69) is 4.74 Å². The van der Waals surface area contributed by atoms with Crippen molar-refractivity contribution in [3.05, 3.63) is 0 Å². The van der Waals surface area contributed by atoms with Gasteiger partial charge in [-0.2, -0.15) is 22.0 Å². The van der Waals surface area contributed by atoms with Gasteiger partial charge in [0, 0.05) is 0 Å². The molecule has 0 aromatic carbocycles. The molecule has 0 spiro atoms. The van der Waals surface area contributed by atoms with Crippen LogP contribution in [0.15, 0.2) is 0 Å². The summed E-state index contributed by atoms with van der Waals surface area (Å²) in [4.78, 5) is 23.5. The maximum atomic E-state index is 13.1. The standard InChI is InChI=1S/C15H22F6O4/c1-9(2)6-5-7-24-11(22)13(3,4)12(23)25-8-14(17,18)10(16)15(19,20)21/h9-10H,5-8H2,1-4H3. The van der Waals surface area contributed by atoms with Crippen molar-refractivity contribution in [3.8, 4) is 0 Å². The number of hydrogen-bond donors (Lipinski definition) is 0. The van der Waals surface area contributed by atoms with Crippen LogP contribution in [0.1, 0.15) is 40.5 Å². The molecule has 0 N–H and O–H groups in total. The van der Waals surface area contributed by atoms with Gasteiger partial charge in [0.25, 0.3) is 6.17 Å². The summed E-state index contributed by atoms with van der Waals surface area (Å²) >= 11 is 0. The fraction of sp³-hybridized carbons (Fsp3) is 0.867. The number of ether oxygens (including phenoxy) is 2. The molecular formula is C15H22F6O4. The number of carbonyl (C=O) groups is 2. The minimum Gasteiger partial charge on any atom is -0.465 e. The van der Waals surface area contributed by atoms with E-state index in [1.807, 2.05) is 13.8 Å². The third-order valence-electron chi connectivity index (χ3n) is 3.23. The average Bonchev–Trinajstić information content (AvgIpc) is 2.46. The SMILES string of the molecule is CC(C)CCCOC(=O)C(C)(C)C(=O)OCC(F)(F)C(F)C(F)(F)F. The number of carbonyl (C=O) groups excluding carboxylic acids is 2. The van der Waals surface area contributed by atoms with Gasteiger partial charge < -0.3 is 9.47 Å². The smallest absolute Gasteiger partial charge is 0.425 e. The summed E-state index contributed by atoms with van der Waals surface area (Å²) in [5.41, 5.74) is -2.02. The van der Waals surface area contributed by atoms with E-state index in [-0.39, 0.29) is 6.61 Å². The highest BCUT2D eigenvalue weighted by atomic mass is 19.4. The lowest BCUT2D eigenvalue weighted by molar-refractivity contribution is -0.255. The van der Waals surface area contributed by atoms with Crippen molar-refractivity contribution in [2.24, 2.45) is 11.3 Å². The van der Waals surface area contributed by atoms with E-state index in [1.165, 1.54) is 0 Å². The fourth-order valence-corrected chi connectivity index (χ4v) is 1.58. The summed E-state index contributed by atoms with van der Waals surface area (Å²) in [6.07, 6.45) is -9.03. The lowest BCUT2D eigenvalue weighted by Crippen LogP contribution is -2.46. The van der Waals surface area contributed by atoms with Crippen LogP contribution in [0.4, 0.5) is 26.3 Å². The third-order valence-corrected chi connectivity index (χ3v) is 3.23. The second-order valence-electron chi connectivity index (χ2n) is 6.54. The molecule has 0 aliphatic carbocycles. The Morgan fingerprint density at radius 2 is 1.44 bits per heavy atom. The molecule has 1 atom stereocenters. The van der Waals surface area contributed by atoms with Crippen LogP contribution in [0, 0.1) is 11.3 Å². The summed E-state index contributed by atoms with van der Waals surface area (Å²) in [5, 5.41) is 0. The van der Waals surface area contributed by atoms with Gasteiger partial charge in [0.05, 0.1) is 6.61 Å². The summed E-state index contributed by atoms with van der Waals surface area (Å²) in [5.74, 6) is -7.21. The second kappa shape index (κ2) is 8.75. The summed E-state index contributed by atoms with van der Waals surface area (Å²) in [7, 11) is 0.